The van der Waals surface area contributed by atoms with E-state index in [2.05, 4.69) is 10.3 Å². The number of hydrogen-bond donors (Lipinski definition) is 1. The van der Waals surface area contributed by atoms with Crippen molar-refractivity contribution in [3.63, 3.8) is 0 Å². The molecule has 1 atom stereocenters. The van der Waals surface area contributed by atoms with Crippen LogP contribution in [0.2, 0.25) is 0 Å². The van der Waals surface area contributed by atoms with Crippen molar-refractivity contribution in [2.75, 3.05) is 5.32 Å². The zero-order valence-electron chi connectivity index (χ0n) is 12.8. The maximum atomic E-state index is 11.8. The van der Waals surface area contributed by atoms with E-state index >= 15 is 0 Å². The van der Waals surface area contributed by atoms with Gasteiger partial charge in [0.05, 0.1) is 17.7 Å². The summed E-state index contributed by atoms with van der Waals surface area (Å²) in [5.41, 5.74) is 1.49. The van der Waals surface area contributed by atoms with Crippen LogP contribution in [0.3, 0.4) is 0 Å². The minimum Gasteiger partial charge on any atom is -0.459 e. The molecule has 2 aromatic rings. The van der Waals surface area contributed by atoms with Gasteiger partial charge in [0, 0.05) is 25.1 Å². The van der Waals surface area contributed by atoms with Crippen LogP contribution in [0.25, 0.3) is 0 Å². The largest absolute Gasteiger partial charge is 0.459 e. The van der Waals surface area contributed by atoms with Crippen molar-refractivity contribution in [2.24, 2.45) is 7.05 Å². The predicted molar refractivity (Wildman–Crippen MR) is 82.2 cm³/mol. The highest BCUT2D eigenvalue weighted by molar-refractivity contribution is 5.89. The third-order valence-electron chi connectivity index (χ3n) is 3.09. The predicted octanol–water partition coefficient (Wildman–Crippen LogP) is 3.16. The third kappa shape index (κ3) is 3.84. The normalized spacial score (nSPS) is 12.2. The summed E-state index contributed by atoms with van der Waals surface area (Å²) in [5.74, 6) is 0.659. The van der Waals surface area contributed by atoms with Gasteiger partial charge < -0.3 is 14.6 Å². The molecule has 5 nitrogen and oxygen atoms in total. The number of rotatable bonds is 5. The Bertz CT molecular complexity index is 602. The van der Waals surface area contributed by atoms with Gasteiger partial charge in [0.25, 0.3) is 0 Å². The molecule has 5 heteroatoms. The van der Waals surface area contributed by atoms with Crippen LogP contribution in [0.1, 0.15) is 43.0 Å². The number of esters is 1. The van der Waals surface area contributed by atoms with Gasteiger partial charge in [0.2, 0.25) is 0 Å². The lowest BCUT2D eigenvalue weighted by molar-refractivity contribution is 0.0378. The molecule has 0 spiro atoms. The van der Waals surface area contributed by atoms with E-state index in [1.54, 1.807) is 18.3 Å². The molecule has 0 fully saturated rings. The monoisotopic (exact) mass is 287 g/mol. The van der Waals surface area contributed by atoms with Crippen molar-refractivity contribution in [3.8, 4) is 0 Å². The summed E-state index contributed by atoms with van der Waals surface area (Å²) in [7, 11) is 1.96. The van der Waals surface area contributed by atoms with E-state index in [-0.39, 0.29) is 18.1 Å². The summed E-state index contributed by atoms with van der Waals surface area (Å²) < 4.78 is 7.14. The second-order valence-corrected chi connectivity index (χ2v) is 5.29. The Morgan fingerprint density at radius 1 is 1.24 bits per heavy atom. The van der Waals surface area contributed by atoms with Crippen LogP contribution in [-0.2, 0) is 11.8 Å². The van der Waals surface area contributed by atoms with Gasteiger partial charge in [-0.1, -0.05) is 0 Å². The Balaban J connectivity index is 2.03. The second-order valence-electron chi connectivity index (χ2n) is 5.29. The molecule has 1 aromatic carbocycles. The first-order valence-corrected chi connectivity index (χ1v) is 7.02. The number of benzene rings is 1. The van der Waals surface area contributed by atoms with Crippen LogP contribution >= 0.6 is 0 Å². The molecule has 21 heavy (non-hydrogen) atoms. The molecule has 112 valence electrons. The van der Waals surface area contributed by atoms with E-state index in [0.717, 1.165) is 11.5 Å². The maximum Gasteiger partial charge on any atom is 0.338 e. The molecule has 0 bridgehead atoms. The van der Waals surface area contributed by atoms with Gasteiger partial charge >= 0.3 is 5.97 Å². The number of carbonyl (C=O) groups excluding carboxylic acids is 1. The zero-order valence-corrected chi connectivity index (χ0v) is 12.8. The van der Waals surface area contributed by atoms with E-state index in [1.165, 1.54) is 0 Å². The number of ether oxygens (including phenoxy) is 1. The van der Waals surface area contributed by atoms with Crippen molar-refractivity contribution in [1.29, 1.82) is 0 Å². The quantitative estimate of drug-likeness (QED) is 0.858. The number of anilines is 1. The molecule has 0 saturated carbocycles. The lowest BCUT2D eigenvalue weighted by Crippen LogP contribution is -2.13. The molecule has 0 saturated heterocycles. The summed E-state index contributed by atoms with van der Waals surface area (Å²) in [6.07, 6.45) is 3.58. The summed E-state index contributed by atoms with van der Waals surface area (Å²) in [6, 6.07) is 7.35. The first-order valence-electron chi connectivity index (χ1n) is 7.02. The summed E-state index contributed by atoms with van der Waals surface area (Å²) in [4.78, 5) is 16.1. The van der Waals surface area contributed by atoms with Crippen LogP contribution in [0.5, 0.6) is 0 Å². The van der Waals surface area contributed by atoms with Crippen molar-refractivity contribution in [2.45, 2.75) is 32.9 Å². The van der Waals surface area contributed by atoms with Crippen molar-refractivity contribution >= 4 is 11.7 Å². The number of aromatic nitrogens is 2. The van der Waals surface area contributed by atoms with E-state index in [9.17, 15) is 4.79 Å². The highest BCUT2D eigenvalue weighted by Gasteiger charge is 2.11. The number of carbonyl (C=O) groups is 1. The fourth-order valence-corrected chi connectivity index (χ4v) is 2.09. The molecule has 1 aromatic heterocycles. The minimum atomic E-state index is -0.298. The SMILES string of the molecule is CC(C)OC(=O)c1ccc(NC(C)c2nccn2C)cc1. The molecule has 0 amide bonds. The lowest BCUT2D eigenvalue weighted by atomic mass is 10.2. The number of nitrogens with one attached hydrogen (secondary N) is 1. The van der Waals surface area contributed by atoms with Crippen molar-refractivity contribution in [3.05, 3.63) is 48.0 Å². The average molecular weight is 287 g/mol. The summed E-state index contributed by atoms with van der Waals surface area (Å²) in [6.45, 7) is 5.72. The molecule has 0 aliphatic rings. The number of hydrogen-bond acceptors (Lipinski definition) is 4. The second kappa shape index (κ2) is 6.43. The summed E-state index contributed by atoms with van der Waals surface area (Å²) in [5, 5.41) is 3.36. The highest BCUT2D eigenvalue weighted by atomic mass is 16.5. The molecule has 2 rings (SSSR count). The van der Waals surface area contributed by atoms with E-state index < -0.39 is 0 Å². The highest BCUT2D eigenvalue weighted by Crippen LogP contribution is 2.18. The lowest BCUT2D eigenvalue weighted by Gasteiger charge is -2.15. The van der Waals surface area contributed by atoms with Gasteiger partial charge in [-0.3, -0.25) is 0 Å². The van der Waals surface area contributed by atoms with Gasteiger partial charge in [-0.25, -0.2) is 9.78 Å². The summed E-state index contributed by atoms with van der Waals surface area (Å²) >= 11 is 0. The Morgan fingerprint density at radius 3 is 2.43 bits per heavy atom. The van der Waals surface area contributed by atoms with Gasteiger partial charge in [0.1, 0.15) is 5.82 Å². The van der Waals surface area contributed by atoms with Gasteiger partial charge in [-0.05, 0) is 45.0 Å². The van der Waals surface area contributed by atoms with Gasteiger partial charge in [-0.15, -0.1) is 0 Å². The molecule has 0 aliphatic heterocycles. The Hall–Kier alpha value is -2.30. The van der Waals surface area contributed by atoms with E-state index in [0.29, 0.717) is 5.56 Å². The number of nitrogens with zero attached hydrogens (tertiary/aromatic N) is 2. The molecule has 0 radical (unpaired) electrons. The molecule has 0 aliphatic carbocycles. The minimum absolute atomic E-state index is 0.0819. The third-order valence-corrected chi connectivity index (χ3v) is 3.09. The molecular formula is C16H21N3O2. The molecule has 1 heterocycles. The van der Waals surface area contributed by atoms with Crippen LogP contribution in [0.4, 0.5) is 5.69 Å². The molecule has 1 unspecified atom stereocenters. The number of aryl methyl sites for hydroxylation is 1. The number of imidazole rings is 1. The van der Waals surface area contributed by atoms with Gasteiger partial charge in [0.15, 0.2) is 0 Å². The van der Waals surface area contributed by atoms with Crippen LogP contribution in [0, 0.1) is 0 Å². The maximum absolute atomic E-state index is 11.8. The average Bonchev–Trinajstić information content (AvgIpc) is 2.85. The Labute approximate surface area is 125 Å². The van der Waals surface area contributed by atoms with Crippen LogP contribution in [0.15, 0.2) is 36.7 Å². The van der Waals surface area contributed by atoms with Crippen LogP contribution in [-0.4, -0.2) is 21.6 Å². The molecular weight excluding hydrogens is 266 g/mol. The molecule has 1 N–H and O–H groups in total. The first-order chi connectivity index (χ1) is 9.97. The van der Waals surface area contributed by atoms with E-state index in [1.807, 2.05) is 50.7 Å². The van der Waals surface area contributed by atoms with Crippen molar-refractivity contribution in [1.82, 2.24) is 9.55 Å². The Morgan fingerprint density at radius 2 is 1.90 bits per heavy atom. The first kappa shape index (κ1) is 15.1. The Kier molecular flexibility index (Phi) is 4.62. The van der Waals surface area contributed by atoms with Crippen molar-refractivity contribution < 1.29 is 9.53 Å². The topological polar surface area (TPSA) is 56.1 Å². The smallest absolute Gasteiger partial charge is 0.338 e. The zero-order chi connectivity index (χ0) is 15.4. The fourth-order valence-electron chi connectivity index (χ4n) is 2.09. The van der Waals surface area contributed by atoms with Gasteiger partial charge in [-0.2, -0.15) is 0 Å². The standard InChI is InChI=1S/C16H21N3O2/c1-11(2)21-16(20)13-5-7-14(8-6-13)18-12(3)15-17-9-10-19(15)4/h5-12,18H,1-4H3. The van der Waals surface area contributed by atoms with Crippen LogP contribution < -0.4 is 5.32 Å². The van der Waals surface area contributed by atoms with E-state index in [4.69, 9.17) is 4.74 Å². The fraction of sp³-hybridized carbons (Fsp3) is 0.375.